The molecule has 0 spiro atoms. The fourth-order valence-corrected chi connectivity index (χ4v) is 4.08. The standard InChI is InChI=1S/C26H31N3O6/c1-5-26(13-12-22(30)29-25(26)33)18-7-9-19(10-8-18)28-24(32)17-6-11-20(21(14-17)34-4)35-15-23(31)27-16(2)3/h6-11,14,16H,5,12-13,15H2,1-4H3,(H,27,31)(H,28,32)(H,29,30,33). The topological polar surface area (TPSA) is 123 Å². The van der Waals surface area contributed by atoms with Gasteiger partial charge >= 0.3 is 0 Å². The fourth-order valence-electron chi connectivity index (χ4n) is 4.08. The first-order valence-corrected chi connectivity index (χ1v) is 11.5. The van der Waals surface area contributed by atoms with E-state index in [1.807, 2.05) is 20.8 Å². The molecular weight excluding hydrogens is 450 g/mol. The molecule has 0 bridgehead atoms. The van der Waals surface area contributed by atoms with Gasteiger partial charge in [0.25, 0.3) is 11.8 Å². The van der Waals surface area contributed by atoms with Gasteiger partial charge in [0.2, 0.25) is 11.8 Å². The van der Waals surface area contributed by atoms with E-state index in [0.717, 1.165) is 5.56 Å². The van der Waals surface area contributed by atoms with E-state index in [1.54, 1.807) is 36.4 Å². The van der Waals surface area contributed by atoms with Crippen LogP contribution in [-0.4, -0.2) is 43.4 Å². The van der Waals surface area contributed by atoms with Crippen LogP contribution in [0.3, 0.4) is 0 Å². The third-order valence-corrected chi connectivity index (χ3v) is 6.00. The van der Waals surface area contributed by atoms with Crippen LogP contribution in [0.2, 0.25) is 0 Å². The summed E-state index contributed by atoms with van der Waals surface area (Å²) >= 11 is 0. The first-order valence-electron chi connectivity index (χ1n) is 11.5. The number of benzene rings is 2. The summed E-state index contributed by atoms with van der Waals surface area (Å²) < 4.78 is 10.9. The highest BCUT2D eigenvalue weighted by Crippen LogP contribution is 2.36. The molecule has 0 aromatic heterocycles. The summed E-state index contributed by atoms with van der Waals surface area (Å²) in [5, 5.41) is 8.00. The first-order chi connectivity index (χ1) is 16.7. The maximum atomic E-state index is 12.8. The molecule has 186 valence electrons. The number of piperidine rings is 1. The van der Waals surface area contributed by atoms with Gasteiger partial charge in [-0.05, 0) is 62.6 Å². The van der Waals surface area contributed by atoms with Crippen molar-refractivity contribution < 1.29 is 28.7 Å². The second-order valence-corrected chi connectivity index (χ2v) is 8.72. The minimum Gasteiger partial charge on any atom is -0.493 e. The summed E-state index contributed by atoms with van der Waals surface area (Å²) in [5.74, 6) is -0.479. The van der Waals surface area contributed by atoms with Gasteiger partial charge in [0.1, 0.15) is 0 Å². The van der Waals surface area contributed by atoms with Crippen LogP contribution >= 0.6 is 0 Å². The van der Waals surface area contributed by atoms with Gasteiger partial charge in [-0.3, -0.25) is 24.5 Å². The molecule has 9 heteroatoms. The fraction of sp³-hybridized carbons (Fsp3) is 0.385. The number of imide groups is 1. The van der Waals surface area contributed by atoms with Crippen LogP contribution in [0.5, 0.6) is 11.5 Å². The van der Waals surface area contributed by atoms with Gasteiger partial charge in [0, 0.05) is 23.7 Å². The lowest BCUT2D eigenvalue weighted by Gasteiger charge is -2.35. The molecule has 3 rings (SSSR count). The summed E-state index contributed by atoms with van der Waals surface area (Å²) in [6.07, 6.45) is 1.31. The molecule has 1 heterocycles. The number of nitrogens with one attached hydrogen (secondary N) is 3. The summed E-state index contributed by atoms with van der Waals surface area (Å²) in [4.78, 5) is 48.8. The van der Waals surface area contributed by atoms with Crippen molar-refractivity contribution in [3.05, 3.63) is 53.6 Å². The summed E-state index contributed by atoms with van der Waals surface area (Å²) in [5.41, 5.74) is 0.945. The van der Waals surface area contributed by atoms with E-state index in [2.05, 4.69) is 16.0 Å². The minimum absolute atomic E-state index is 0.00432. The molecular formula is C26H31N3O6. The molecule has 1 aliphatic heterocycles. The number of carbonyl (C=O) groups is 4. The highest BCUT2D eigenvalue weighted by molar-refractivity contribution is 6.05. The smallest absolute Gasteiger partial charge is 0.258 e. The quantitative estimate of drug-likeness (QED) is 0.473. The zero-order chi connectivity index (χ0) is 25.6. The van der Waals surface area contributed by atoms with Gasteiger partial charge in [-0.25, -0.2) is 0 Å². The Morgan fingerprint density at radius 3 is 2.40 bits per heavy atom. The number of anilines is 1. The Kier molecular flexibility index (Phi) is 8.11. The van der Waals surface area contributed by atoms with Gasteiger partial charge in [0.05, 0.1) is 12.5 Å². The van der Waals surface area contributed by atoms with Crippen molar-refractivity contribution >= 4 is 29.3 Å². The van der Waals surface area contributed by atoms with Crippen molar-refractivity contribution in [3.8, 4) is 11.5 Å². The molecule has 0 aliphatic carbocycles. The second kappa shape index (κ2) is 11.0. The SMILES string of the molecule is CCC1(c2ccc(NC(=O)c3ccc(OCC(=O)NC(C)C)c(OC)c3)cc2)CCC(=O)NC1=O. The number of methoxy groups -OCH3 is 1. The van der Waals surface area contributed by atoms with Crippen LogP contribution in [0.25, 0.3) is 0 Å². The Hall–Kier alpha value is -3.88. The van der Waals surface area contributed by atoms with Crippen LogP contribution in [0.4, 0.5) is 5.69 Å². The largest absolute Gasteiger partial charge is 0.493 e. The molecule has 9 nitrogen and oxygen atoms in total. The van der Waals surface area contributed by atoms with Gasteiger partial charge in [-0.15, -0.1) is 0 Å². The maximum Gasteiger partial charge on any atom is 0.258 e. The van der Waals surface area contributed by atoms with E-state index in [1.165, 1.54) is 13.2 Å². The van der Waals surface area contributed by atoms with E-state index >= 15 is 0 Å². The number of hydrogen-bond acceptors (Lipinski definition) is 6. The van der Waals surface area contributed by atoms with Gasteiger partial charge in [-0.1, -0.05) is 19.1 Å². The Morgan fingerprint density at radius 2 is 1.80 bits per heavy atom. The van der Waals surface area contributed by atoms with Gasteiger partial charge < -0.3 is 20.1 Å². The van der Waals surface area contributed by atoms with E-state index in [4.69, 9.17) is 9.47 Å². The number of carbonyl (C=O) groups excluding carboxylic acids is 4. The summed E-state index contributed by atoms with van der Waals surface area (Å²) in [7, 11) is 1.45. The van der Waals surface area contributed by atoms with Crippen molar-refractivity contribution in [1.82, 2.24) is 10.6 Å². The highest BCUT2D eigenvalue weighted by Gasteiger charge is 2.42. The molecule has 1 atom stereocenters. The van der Waals surface area contributed by atoms with Crippen molar-refractivity contribution in [3.63, 3.8) is 0 Å². The average molecular weight is 482 g/mol. The summed E-state index contributed by atoms with van der Waals surface area (Å²) in [6.45, 7) is 5.47. The highest BCUT2D eigenvalue weighted by atomic mass is 16.5. The zero-order valence-electron chi connectivity index (χ0n) is 20.4. The number of hydrogen-bond donors (Lipinski definition) is 3. The first kappa shape index (κ1) is 25.7. The predicted molar refractivity (Wildman–Crippen MR) is 131 cm³/mol. The Bertz CT molecular complexity index is 1110. The van der Waals surface area contributed by atoms with E-state index in [0.29, 0.717) is 42.0 Å². The lowest BCUT2D eigenvalue weighted by Crippen LogP contribution is -2.51. The molecule has 2 aromatic rings. The maximum absolute atomic E-state index is 12.8. The van der Waals surface area contributed by atoms with E-state index < -0.39 is 5.41 Å². The predicted octanol–water partition coefficient (Wildman–Crippen LogP) is 2.94. The molecule has 1 unspecified atom stereocenters. The lowest BCUT2D eigenvalue weighted by molar-refractivity contribution is -0.138. The Balaban J connectivity index is 1.69. The molecule has 0 radical (unpaired) electrons. The molecule has 3 N–H and O–H groups in total. The zero-order valence-corrected chi connectivity index (χ0v) is 20.4. The number of amides is 4. The van der Waals surface area contributed by atoms with Crippen LogP contribution in [-0.2, 0) is 19.8 Å². The molecule has 1 saturated heterocycles. The Morgan fingerprint density at radius 1 is 1.09 bits per heavy atom. The third kappa shape index (κ3) is 5.98. The average Bonchev–Trinajstić information content (AvgIpc) is 2.83. The molecule has 4 amide bonds. The number of ether oxygens (including phenoxy) is 2. The monoisotopic (exact) mass is 481 g/mol. The van der Waals surface area contributed by atoms with Crippen LogP contribution in [0.15, 0.2) is 42.5 Å². The van der Waals surface area contributed by atoms with Gasteiger partial charge in [-0.2, -0.15) is 0 Å². The van der Waals surface area contributed by atoms with Crippen molar-refractivity contribution in [1.29, 1.82) is 0 Å². The molecule has 0 saturated carbocycles. The molecule has 1 aliphatic rings. The lowest BCUT2D eigenvalue weighted by atomic mass is 9.72. The van der Waals surface area contributed by atoms with Crippen LogP contribution in [0, 0.1) is 0 Å². The summed E-state index contributed by atoms with van der Waals surface area (Å²) in [6, 6.07) is 11.8. The van der Waals surface area contributed by atoms with E-state index in [-0.39, 0.29) is 36.3 Å². The van der Waals surface area contributed by atoms with Crippen molar-refractivity contribution in [2.24, 2.45) is 0 Å². The second-order valence-electron chi connectivity index (χ2n) is 8.72. The molecule has 1 fully saturated rings. The normalized spacial score (nSPS) is 17.5. The van der Waals surface area contributed by atoms with Crippen LogP contribution in [0.1, 0.15) is 56.0 Å². The molecule has 35 heavy (non-hydrogen) atoms. The number of rotatable bonds is 9. The van der Waals surface area contributed by atoms with Crippen LogP contribution < -0.4 is 25.4 Å². The van der Waals surface area contributed by atoms with Crippen molar-refractivity contribution in [2.75, 3.05) is 19.0 Å². The third-order valence-electron chi connectivity index (χ3n) is 6.00. The van der Waals surface area contributed by atoms with Gasteiger partial charge in [0.15, 0.2) is 18.1 Å². The minimum atomic E-state index is -0.758. The van der Waals surface area contributed by atoms with E-state index in [9.17, 15) is 19.2 Å². The molecule has 2 aromatic carbocycles. The van der Waals surface area contributed by atoms with Crippen molar-refractivity contribution in [2.45, 2.75) is 51.5 Å². The Labute approximate surface area is 204 Å².